The third-order valence-corrected chi connectivity index (χ3v) is 4.04. The highest BCUT2D eigenvalue weighted by Crippen LogP contribution is 2.17. The highest BCUT2D eigenvalue weighted by Gasteiger charge is 2.22. The molecule has 0 unspecified atom stereocenters. The molecule has 1 amide bonds. The predicted octanol–water partition coefficient (Wildman–Crippen LogP) is 2.51. The molecule has 0 saturated heterocycles. The molecule has 2 rings (SSSR count). The number of halogens is 1. The van der Waals surface area contributed by atoms with Crippen LogP contribution in [-0.2, 0) is 11.3 Å². The first-order valence-corrected chi connectivity index (χ1v) is 7.91. The normalized spacial score (nSPS) is 12.0. The first kappa shape index (κ1) is 17.2. The molecule has 1 aromatic heterocycles. The van der Waals surface area contributed by atoms with Gasteiger partial charge in [-0.15, -0.1) is 0 Å². The van der Waals surface area contributed by atoms with Crippen LogP contribution in [0.2, 0.25) is 0 Å². The lowest BCUT2D eigenvalue weighted by atomic mass is 10.1. The number of carboxylic acids is 1. The molecule has 0 fully saturated rings. The van der Waals surface area contributed by atoms with Crippen LogP contribution in [-0.4, -0.2) is 32.8 Å². The van der Waals surface area contributed by atoms with Gasteiger partial charge in [-0.1, -0.05) is 28.1 Å². The van der Waals surface area contributed by atoms with Crippen molar-refractivity contribution in [3.63, 3.8) is 0 Å². The van der Waals surface area contributed by atoms with Gasteiger partial charge in [-0.2, -0.15) is 5.10 Å². The number of aryl methyl sites for hydroxylation is 1. The molecule has 6 nitrogen and oxygen atoms in total. The van der Waals surface area contributed by atoms with Crippen LogP contribution in [0.4, 0.5) is 0 Å². The molecule has 0 aliphatic carbocycles. The molecule has 7 heteroatoms. The van der Waals surface area contributed by atoms with Gasteiger partial charge >= 0.3 is 5.97 Å². The zero-order valence-electron chi connectivity index (χ0n) is 13.1. The zero-order valence-corrected chi connectivity index (χ0v) is 14.7. The number of amides is 1. The molecular formula is C16H18BrN3O3. The van der Waals surface area contributed by atoms with Crippen LogP contribution >= 0.6 is 15.9 Å². The van der Waals surface area contributed by atoms with Crippen LogP contribution in [0.1, 0.15) is 34.2 Å². The molecule has 2 aromatic rings. The minimum absolute atomic E-state index is 0.421. The first-order chi connectivity index (χ1) is 10.8. The summed E-state index contributed by atoms with van der Waals surface area (Å²) >= 11 is 3.43. The van der Waals surface area contributed by atoms with E-state index in [2.05, 4.69) is 26.3 Å². The fraction of sp³-hybridized carbons (Fsp3) is 0.312. The predicted molar refractivity (Wildman–Crippen MR) is 89.5 cm³/mol. The molecule has 0 spiro atoms. The largest absolute Gasteiger partial charge is 0.480 e. The van der Waals surface area contributed by atoms with Crippen LogP contribution < -0.4 is 5.32 Å². The van der Waals surface area contributed by atoms with E-state index in [0.717, 1.165) is 10.0 Å². The number of nitrogens with one attached hydrogen (secondary N) is 1. The molecule has 2 N–H and O–H groups in total. The number of hydrogen-bond donors (Lipinski definition) is 2. The third-order valence-electron chi connectivity index (χ3n) is 3.55. The molecule has 1 atom stereocenters. The number of aromatic nitrogens is 2. The summed E-state index contributed by atoms with van der Waals surface area (Å²) in [6.07, 6.45) is 0. The smallest absolute Gasteiger partial charge is 0.325 e. The number of carbonyl (C=O) groups excluding carboxylic acids is 1. The van der Waals surface area contributed by atoms with E-state index in [4.69, 9.17) is 5.11 Å². The van der Waals surface area contributed by atoms with Gasteiger partial charge in [-0.3, -0.25) is 14.3 Å². The van der Waals surface area contributed by atoms with Crippen LogP contribution in [0.25, 0.3) is 0 Å². The third kappa shape index (κ3) is 3.98. The number of carboxylic acid groups (broad SMARTS) is 1. The van der Waals surface area contributed by atoms with Gasteiger partial charge in [0.15, 0.2) is 0 Å². The fourth-order valence-corrected chi connectivity index (χ4v) is 2.76. The summed E-state index contributed by atoms with van der Waals surface area (Å²) in [6.45, 7) is 5.51. The molecule has 0 saturated carbocycles. The van der Waals surface area contributed by atoms with Crippen molar-refractivity contribution in [3.8, 4) is 0 Å². The van der Waals surface area contributed by atoms with Gasteiger partial charge in [0.2, 0.25) is 0 Å². The molecule has 0 bridgehead atoms. The zero-order chi connectivity index (χ0) is 17.1. The van der Waals surface area contributed by atoms with Gasteiger partial charge in [0, 0.05) is 10.2 Å². The lowest BCUT2D eigenvalue weighted by Gasteiger charge is -2.10. The van der Waals surface area contributed by atoms with E-state index in [0.29, 0.717) is 23.5 Å². The monoisotopic (exact) mass is 379 g/mol. The van der Waals surface area contributed by atoms with Crippen molar-refractivity contribution in [2.45, 2.75) is 33.4 Å². The Balaban J connectivity index is 2.25. The summed E-state index contributed by atoms with van der Waals surface area (Å²) in [5, 5.41) is 15.8. The Bertz CT molecular complexity index is 755. The topological polar surface area (TPSA) is 84.2 Å². The Hall–Kier alpha value is -2.15. The van der Waals surface area contributed by atoms with Gasteiger partial charge in [-0.05, 0) is 38.5 Å². The van der Waals surface area contributed by atoms with Gasteiger partial charge in [0.25, 0.3) is 5.91 Å². The number of carbonyl (C=O) groups is 2. The molecule has 122 valence electrons. The van der Waals surface area contributed by atoms with E-state index in [9.17, 15) is 9.59 Å². The van der Waals surface area contributed by atoms with Crippen molar-refractivity contribution >= 4 is 27.8 Å². The van der Waals surface area contributed by atoms with Crippen molar-refractivity contribution < 1.29 is 14.7 Å². The van der Waals surface area contributed by atoms with E-state index >= 15 is 0 Å². The highest BCUT2D eigenvalue weighted by molar-refractivity contribution is 9.10. The van der Waals surface area contributed by atoms with Crippen molar-refractivity contribution in [1.29, 1.82) is 0 Å². The Morgan fingerprint density at radius 2 is 2.09 bits per heavy atom. The maximum absolute atomic E-state index is 12.3. The van der Waals surface area contributed by atoms with Crippen molar-refractivity contribution in [1.82, 2.24) is 15.1 Å². The second kappa shape index (κ2) is 6.95. The summed E-state index contributed by atoms with van der Waals surface area (Å²) < 4.78 is 2.72. The lowest BCUT2D eigenvalue weighted by molar-refractivity contribution is -0.138. The molecular weight excluding hydrogens is 362 g/mol. The molecule has 23 heavy (non-hydrogen) atoms. The Labute approximate surface area is 142 Å². The van der Waals surface area contributed by atoms with E-state index in [-0.39, 0.29) is 0 Å². The van der Waals surface area contributed by atoms with Crippen LogP contribution in [0.15, 0.2) is 28.7 Å². The fourth-order valence-electron chi connectivity index (χ4n) is 2.32. The number of rotatable bonds is 5. The van der Waals surface area contributed by atoms with Crippen molar-refractivity contribution in [2.24, 2.45) is 0 Å². The van der Waals surface area contributed by atoms with E-state index in [1.54, 1.807) is 18.5 Å². The van der Waals surface area contributed by atoms with Gasteiger partial charge < -0.3 is 10.4 Å². The van der Waals surface area contributed by atoms with E-state index in [1.165, 1.54) is 6.92 Å². The molecule has 0 aliphatic rings. The first-order valence-electron chi connectivity index (χ1n) is 7.11. The minimum atomic E-state index is -1.07. The molecule has 0 radical (unpaired) electrons. The summed E-state index contributed by atoms with van der Waals surface area (Å²) in [5.41, 5.74) is 2.76. The quantitative estimate of drug-likeness (QED) is 0.835. The van der Waals surface area contributed by atoms with Crippen LogP contribution in [0.3, 0.4) is 0 Å². The summed E-state index contributed by atoms with van der Waals surface area (Å²) in [6, 6.07) is 6.90. The Morgan fingerprint density at radius 3 is 2.70 bits per heavy atom. The van der Waals surface area contributed by atoms with Crippen LogP contribution in [0, 0.1) is 13.8 Å². The second-order valence-corrected chi connectivity index (χ2v) is 6.28. The Morgan fingerprint density at radius 1 is 1.39 bits per heavy atom. The standard InChI is InChI=1S/C16H18BrN3O3/c1-9-14(15(21)18-10(2)16(22)23)11(3)20(19-9)8-12-5-4-6-13(17)7-12/h4-7,10H,8H2,1-3H3,(H,18,21)(H,22,23)/t10-/m1/s1. The second-order valence-electron chi connectivity index (χ2n) is 5.37. The van der Waals surface area contributed by atoms with Gasteiger partial charge in [0.1, 0.15) is 6.04 Å². The van der Waals surface area contributed by atoms with Crippen molar-refractivity contribution in [2.75, 3.05) is 0 Å². The number of aliphatic carboxylic acids is 1. The minimum Gasteiger partial charge on any atom is -0.480 e. The highest BCUT2D eigenvalue weighted by atomic mass is 79.9. The summed E-state index contributed by atoms with van der Waals surface area (Å²) in [7, 11) is 0. The number of benzene rings is 1. The average Bonchev–Trinajstić information content (AvgIpc) is 2.73. The molecule has 1 heterocycles. The SMILES string of the molecule is Cc1nn(Cc2cccc(Br)c2)c(C)c1C(=O)N[C@H](C)C(=O)O. The number of nitrogens with zero attached hydrogens (tertiary/aromatic N) is 2. The Kier molecular flexibility index (Phi) is 5.20. The lowest BCUT2D eigenvalue weighted by Crippen LogP contribution is -2.38. The van der Waals surface area contributed by atoms with Crippen molar-refractivity contribution in [3.05, 3.63) is 51.3 Å². The summed E-state index contributed by atoms with van der Waals surface area (Å²) in [4.78, 5) is 23.2. The van der Waals surface area contributed by atoms with Crippen LogP contribution in [0.5, 0.6) is 0 Å². The molecule has 1 aromatic carbocycles. The summed E-state index contributed by atoms with van der Waals surface area (Å²) in [5.74, 6) is -1.49. The van der Waals surface area contributed by atoms with Gasteiger partial charge in [0.05, 0.1) is 17.8 Å². The van der Waals surface area contributed by atoms with E-state index in [1.807, 2.05) is 24.3 Å². The van der Waals surface area contributed by atoms with Gasteiger partial charge in [-0.25, -0.2) is 0 Å². The average molecular weight is 380 g/mol. The number of hydrogen-bond acceptors (Lipinski definition) is 3. The molecule has 0 aliphatic heterocycles. The van der Waals surface area contributed by atoms with E-state index < -0.39 is 17.9 Å². The maximum Gasteiger partial charge on any atom is 0.325 e. The maximum atomic E-state index is 12.3.